The SMILES string of the molecule is O=C(NC(C(=O)O)c1ccccc1F)C1CC(c2ccc(O)cc2)NN1. The first-order valence-electron chi connectivity index (χ1n) is 8.03. The summed E-state index contributed by atoms with van der Waals surface area (Å²) in [6.45, 7) is 0. The number of carbonyl (C=O) groups is 2. The number of amides is 1. The maximum Gasteiger partial charge on any atom is 0.331 e. The molecular weight excluding hydrogens is 341 g/mol. The number of phenols is 1. The summed E-state index contributed by atoms with van der Waals surface area (Å²) in [6.07, 6.45) is 0.375. The molecule has 1 aliphatic heterocycles. The van der Waals surface area contributed by atoms with Gasteiger partial charge in [0.2, 0.25) is 5.91 Å². The highest BCUT2D eigenvalue weighted by Gasteiger charge is 2.33. The van der Waals surface area contributed by atoms with Gasteiger partial charge in [-0.25, -0.2) is 20.0 Å². The molecule has 7 nitrogen and oxygen atoms in total. The van der Waals surface area contributed by atoms with Gasteiger partial charge in [0.05, 0.1) is 0 Å². The Morgan fingerprint density at radius 1 is 1.12 bits per heavy atom. The normalized spacial score (nSPS) is 20.5. The summed E-state index contributed by atoms with van der Waals surface area (Å²) < 4.78 is 13.9. The Balaban J connectivity index is 1.68. The highest BCUT2D eigenvalue weighted by Crippen LogP contribution is 2.25. The third-order valence-corrected chi connectivity index (χ3v) is 4.26. The molecule has 1 fully saturated rings. The van der Waals surface area contributed by atoms with Gasteiger partial charge in [0.15, 0.2) is 6.04 Å². The molecule has 136 valence electrons. The Morgan fingerprint density at radius 3 is 2.46 bits per heavy atom. The molecule has 5 N–H and O–H groups in total. The molecule has 1 heterocycles. The molecule has 0 radical (unpaired) electrons. The standard InChI is InChI=1S/C18H18FN3O4/c19-13-4-2-1-3-12(13)16(18(25)26)20-17(24)15-9-14(21-22-15)10-5-7-11(23)8-6-10/h1-8,14-16,21-23H,9H2,(H,20,24)(H,25,26). The van der Waals surface area contributed by atoms with Gasteiger partial charge in [0.1, 0.15) is 17.6 Å². The van der Waals surface area contributed by atoms with Crippen LogP contribution in [0.2, 0.25) is 0 Å². The topological polar surface area (TPSA) is 111 Å². The minimum atomic E-state index is -1.47. The molecule has 3 rings (SSSR count). The fraction of sp³-hybridized carbons (Fsp3) is 0.222. The first-order valence-corrected chi connectivity index (χ1v) is 8.03. The van der Waals surface area contributed by atoms with E-state index in [1.54, 1.807) is 24.3 Å². The number of aliphatic carboxylic acids is 1. The number of carbonyl (C=O) groups excluding carboxylic acids is 1. The number of rotatable bonds is 5. The number of carboxylic acid groups (broad SMARTS) is 1. The number of hydrogen-bond donors (Lipinski definition) is 5. The van der Waals surface area contributed by atoms with Crippen molar-refractivity contribution < 1.29 is 24.2 Å². The van der Waals surface area contributed by atoms with Crippen molar-refractivity contribution in [2.24, 2.45) is 0 Å². The third kappa shape index (κ3) is 3.81. The van der Waals surface area contributed by atoms with E-state index in [1.165, 1.54) is 18.2 Å². The van der Waals surface area contributed by atoms with Gasteiger partial charge in [-0.2, -0.15) is 0 Å². The Bertz CT molecular complexity index is 812. The van der Waals surface area contributed by atoms with Crippen LogP contribution in [0.1, 0.15) is 29.6 Å². The molecule has 0 bridgehead atoms. The van der Waals surface area contributed by atoms with Crippen molar-refractivity contribution in [3.05, 3.63) is 65.5 Å². The van der Waals surface area contributed by atoms with Crippen LogP contribution in [-0.4, -0.2) is 28.1 Å². The van der Waals surface area contributed by atoms with Crippen molar-refractivity contribution in [3.8, 4) is 5.75 Å². The molecule has 8 heteroatoms. The predicted octanol–water partition coefficient (Wildman–Crippen LogP) is 1.38. The van der Waals surface area contributed by atoms with Crippen LogP contribution in [0.4, 0.5) is 4.39 Å². The first-order chi connectivity index (χ1) is 12.5. The lowest BCUT2D eigenvalue weighted by atomic mass is 10.0. The van der Waals surface area contributed by atoms with Crippen LogP contribution in [0.25, 0.3) is 0 Å². The number of phenolic OH excluding ortho intramolecular Hbond substituents is 1. The summed E-state index contributed by atoms with van der Waals surface area (Å²) in [5.74, 6) is -2.44. The molecule has 3 atom stereocenters. The molecule has 0 aromatic heterocycles. The highest BCUT2D eigenvalue weighted by atomic mass is 19.1. The molecule has 1 saturated heterocycles. The van der Waals surface area contributed by atoms with Crippen molar-refractivity contribution in [2.75, 3.05) is 0 Å². The van der Waals surface area contributed by atoms with Gasteiger partial charge < -0.3 is 15.5 Å². The van der Waals surface area contributed by atoms with Gasteiger partial charge in [-0.3, -0.25) is 4.79 Å². The monoisotopic (exact) mass is 359 g/mol. The molecule has 0 saturated carbocycles. The van der Waals surface area contributed by atoms with E-state index in [-0.39, 0.29) is 17.4 Å². The summed E-state index contributed by atoms with van der Waals surface area (Å²) in [6, 6.07) is 9.65. The van der Waals surface area contributed by atoms with Crippen LogP contribution in [-0.2, 0) is 9.59 Å². The fourth-order valence-electron chi connectivity index (χ4n) is 2.88. The third-order valence-electron chi connectivity index (χ3n) is 4.26. The van der Waals surface area contributed by atoms with E-state index in [4.69, 9.17) is 0 Å². The van der Waals surface area contributed by atoms with Crippen molar-refractivity contribution >= 4 is 11.9 Å². The highest BCUT2D eigenvalue weighted by molar-refractivity contribution is 5.87. The Labute approximate surface area is 148 Å². The van der Waals surface area contributed by atoms with Crippen LogP contribution in [0.15, 0.2) is 48.5 Å². The Hall–Kier alpha value is -2.97. The molecular formula is C18H18FN3O4. The summed E-state index contributed by atoms with van der Waals surface area (Å²) in [5, 5.41) is 21.1. The quantitative estimate of drug-likeness (QED) is 0.552. The molecule has 0 spiro atoms. The maximum atomic E-state index is 13.9. The molecule has 1 aliphatic rings. The van der Waals surface area contributed by atoms with Crippen molar-refractivity contribution in [1.82, 2.24) is 16.2 Å². The van der Waals surface area contributed by atoms with E-state index in [0.29, 0.717) is 6.42 Å². The predicted molar refractivity (Wildman–Crippen MR) is 90.4 cm³/mol. The number of hydrogen-bond acceptors (Lipinski definition) is 5. The average Bonchev–Trinajstić information content (AvgIpc) is 3.11. The van der Waals surface area contributed by atoms with E-state index < -0.39 is 29.8 Å². The number of hydrazine groups is 1. The van der Waals surface area contributed by atoms with E-state index in [0.717, 1.165) is 11.6 Å². The van der Waals surface area contributed by atoms with Crippen LogP contribution >= 0.6 is 0 Å². The van der Waals surface area contributed by atoms with E-state index >= 15 is 0 Å². The number of nitrogens with one attached hydrogen (secondary N) is 3. The van der Waals surface area contributed by atoms with E-state index in [9.17, 15) is 24.2 Å². The summed E-state index contributed by atoms with van der Waals surface area (Å²) in [5.41, 5.74) is 6.55. The zero-order chi connectivity index (χ0) is 18.7. The van der Waals surface area contributed by atoms with E-state index in [2.05, 4.69) is 16.2 Å². The van der Waals surface area contributed by atoms with Crippen molar-refractivity contribution in [3.63, 3.8) is 0 Å². The van der Waals surface area contributed by atoms with Crippen LogP contribution in [0.5, 0.6) is 5.75 Å². The van der Waals surface area contributed by atoms with Gasteiger partial charge in [-0.05, 0) is 30.2 Å². The number of aromatic hydroxyl groups is 1. The van der Waals surface area contributed by atoms with Crippen LogP contribution in [0.3, 0.4) is 0 Å². The number of benzene rings is 2. The van der Waals surface area contributed by atoms with Gasteiger partial charge in [-0.15, -0.1) is 0 Å². The lowest BCUT2D eigenvalue weighted by Crippen LogP contribution is -2.46. The second-order valence-corrected chi connectivity index (χ2v) is 6.02. The molecule has 2 aromatic carbocycles. The summed E-state index contributed by atoms with van der Waals surface area (Å²) in [7, 11) is 0. The smallest absolute Gasteiger partial charge is 0.331 e. The molecule has 26 heavy (non-hydrogen) atoms. The zero-order valence-corrected chi connectivity index (χ0v) is 13.6. The molecule has 0 aliphatic carbocycles. The fourth-order valence-corrected chi connectivity index (χ4v) is 2.88. The average molecular weight is 359 g/mol. The second-order valence-electron chi connectivity index (χ2n) is 6.02. The minimum absolute atomic E-state index is 0.102. The van der Waals surface area contributed by atoms with Gasteiger partial charge >= 0.3 is 5.97 Å². The van der Waals surface area contributed by atoms with Crippen molar-refractivity contribution in [1.29, 1.82) is 0 Å². The lowest BCUT2D eigenvalue weighted by Gasteiger charge is -2.18. The largest absolute Gasteiger partial charge is 0.508 e. The Morgan fingerprint density at radius 2 is 1.81 bits per heavy atom. The van der Waals surface area contributed by atoms with Crippen LogP contribution in [0, 0.1) is 5.82 Å². The summed E-state index contributed by atoms with van der Waals surface area (Å²) in [4.78, 5) is 23.9. The zero-order valence-electron chi connectivity index (χ0n) is 13.6. The summed E-state index contributed by atoms with van der Waals surface area (Å²) >= 11 is 0. The lowest BCUT2D eigenvalue weighted by molar-refractivity contribution is -0.142. The van der Waals surface area contributed by atoms with E-state index in [1.807, 2.05) is 0 Å². The number of carboxylic acids is 1. The second kappa shape index (κ2) is 7.51. The maximum absolute atomic E-state index is 13.9. The molecule has 1 amide bonds. The van der Waals surface area contributed by atoms with Gasteiger partial charge in [-0.1, -0.05) is 30.3 Å². The minimum Gasteiger partial charge on any atom is -0.508 e. The molecule has 3 unspecified atom stereocenters. The molecule has 2 aromatic rings. The van der Waals surface area contributed by atoms with Gasteiger partial charge in [0, 0.05) is 11.6 Å². The van der Waals surface area contributed by atoms with Crippen LogP contribution < -0.4 is 16.2 Å². The Kier molecular flexibility index (Phi) is 5.15. The van der Waals surface area contributed by atoms with Crippen molar-refractivity contribution in [2.45, 2.75) is 24.5 Å². The first kappa shape index (κ1) is 17.8. The van der Waals surface area contributed by atoms with Gasteiger partial charge in [0.25, 0.3) is 0 Å². The number of halogens is 1.